The van der Waals surface area contributed by atoms with Crippen LogP contribution in [-0.2, 0) is 5.41 Å². The van der Waals surface area contributed by atoms with E-state index >= 15 is 0 Å². The summed E-state index contributed by atoms with van der Waals surface area (Å²) in [5.41, 5.74) is 1.76. The Morgan fingerprint density at radius 1 is 1.09 bits per heavy atom. The summed E-state index contributed by atoms with van der Waals surface area (Å²) >= 11 is 1.89. The minimum Gasteiger partial charge on any atom is -0.309 e. The predicted molar refractivity (Wildman–Crippen MR) is 95.9 cm³/mol. The van der Waals surface area contributed by atoms with Crippen LogP contribution in [0.2, 0.25) is 0 Å². The molecule has 1 heterocycles. The molecule has 4 aliphatic carbocycles. The van der Waals surface area contributed by atoms with Crippen molar-refractivity contribution in [2.45, 2.75) is 55.9 Å². The second kappa shape index (κ2) is 6.03. The Morgan fingerprint density at radius 3 is 2.26 bits per heavy atom. The SMILES string of the molecule is Cc1nc(SCCN(C)C)cc(C23CC4CC(CC(C4)C2)C3)n1. The molecule has 0 radical (unpaired) electrons. The van der Waals surface area contributed by atoms with Gasteiger partial charge in [-0.2, -0.15) is 0 Å². The first-order valence-electron chi connectivity index (χ1n) is 9.16. The van der Waals surface area contributed by atoms with Gasteiger partial charge in [-0.15, -0.1) is 11.8 Å². The quantitative estimate of drug-likeness (QED) is 0.604. The van der Waals surface area contributed by atoms with Gasteiger partial charge in [-0.3, -0.25) is 0 Å². The molecule has 0 atom stereocenters. The van der Waals surface area contributed by atoms with Gasteiger partial charge < -0.3 is 4.90 Å². The number of rotatable bonds is 5. The molecule has 0 N–H and O–H groups in total. The lowest BCUT2D eigenvalue weighted by Crippen LogP contribution is -2.49. The van der Waals surface area contributed by atoms with Crippen molar-refractivity contribution in [3.63, 3.8) is 0 Å². The molecule has 126 valence electrons. The molecule has 5 rings (SSSR count). The molecule has 4 saturated carbocycles. The zero-order valence-corrected chi connectivity index (χ0v) is 15.5. The van der Waals surface area contributed by atoms with E-state index in [1.807, 2.05) is 11.8 Å². The summed E-state index contributed by atoms with van der Waals surface area (Å²) in [7, 11) is 4.26. The Hall–Kier alpha value is -0.610. The van der Waals surface area contributed by atoms with Gasteiger partial charge in [-0.05, 0) is 83.4 Å². The van der Waals surface area contributed by atoms with Gasteiger partial charge in [0.05, 0.1) is 5.69 Å². The van der Waals surface area contributed by atoms with Gasteiger partial charge >= 0.3 is 0 Å². The van der Waals surface area contributed by atoms with E-state index in [2.05, 4.69) is 32.0 Å². The third kappa shape index (κ3) is 3.17. The minimum absolute atomic E-state index is 0.388. The van der Waals surface area contributed by atoms with Gasteiger partial charge in [0, 0.05) is 17.7 Å². The predicted octanol–water partition coefficient (Wildman–Crippen LogP) is 3.91. The first-order valence-corrected chi connectivity index (χ1v) is 10.1. The van der Waals surface area contributed by atoms with Crippen LogP contribution in [0.3, 0.4) is 0 Å². The van der Waals surface area contributed by atoms with Crippen LogP contribution in [0.4, 0.5) is 0 Å². The summed E-state index contributed by atoms with van der Waals surface area (Å²) in [5.74, 6) is 4.98. The van der Waals surface area contributed by atoms with Crippen LogP contribution in [0.1, 0.15) is 50.0 Å². The van der Waals surface area contributed by atoms with E-state index in [-0.39, 0.29) is 0 Å². The highest BCUT2D eigenvalue weighted by Crippen LogP contribution is 2.60. The van der Waals surface area contributed by atoms with Crippen LogP contribution in [0.15, 0.2) is 11.1 Å². The molecule has 1 aromatic heterocycles. The summed E-state index contributed by atoms with van der Waals surface area (Å²) in [5, 5.41) is 1.19. The maximum atomic E-state index is 4.93. The molecule has 0 spiro atoms. The molecule has 4 fully saturated rings. The highest BCUT2D eigenvalue weighted by molar-refractivity contribution is 7.99. The standard InChI is InChI=1S/C19H29N3S/c1-13-20-17(9-18(21-13)23-5-4-22(2)3)19-10-14-6-15(11-19)8-16(7-14)12-19/h9,14-16H,4-8,10-12H2,1-3H3. The van der Waals surface area contributed by atoms with Crippen LogP contribution in [-0.4, -0.2) is 41.3 Å². The lowest BCUT2D eigenvalue weighted by molar-refractivity contribution is -0.00746. The van der Waals surface area contributed by atoms with Gasteiger partial charge in [0.15, 0.2) is 0 Å². The average Bonchev–Trinajstić information content (AvgIpc) is 2.45. The van der Waals surface area contributed by atoms with Crippen molar-refractivity contribution in [2.75, 3.05) is 26.4 Å². The van der Waals surface area contributed by atoms with Gasteiger partial charge in [0.25, 0.3) is 0 Å². The summed E-state index contributed by atoms with van der Waals surface area (Å²) < 4.78 is 0. The van der Waals surface area contributed by atoms with Crippen LogP contribution >= 0.6 is 11.8 Å². The second-order valence-electron chi connectivity index (χ2n) is 8.49. The van der Waals surface area contributed by atoms with Gasteiger partial charge in [-0.25, -0.2) is 9.97 Å². The van der Waals surface area contributed by atoms with Crippen molar-refractivity contribution in [3.05, 3.63) is 17.6 Å². The fourth-order valence-corrected chi connectivity index (χ4v) is 6.70. The first kappa shape index (κ1) is 15.9. The highest BCUT2D eigenvalue weighted by atomic mass is 32.2. The Morgan fingerprint density at radius 2 is 1.70 bits per heavy atom. The molecule has 4 bridgehead atoms. The molecule has 4 aliphatic rings. The zero-order valence-electron chi connectivity index (χ0n) is 14.7. The largest absolute Gasteiger partial charge is 0.309 e. The highest BCUT2D eigenvalue weighted by Gasteiger charge is 2.52. The number of aromatic nitrogens is 2. The topological polar surface area (TPSA) is 29.0 Å². The van der Waals surface area contributed by atoms with Crippen molar-refractivity contribution in [2.24, 2.45) is 17.8 Å². The summed E-state index contributed by atoms with van der Waals surface area (Å²) in [6.07, 6.45) is 8.64. The van der Waals surface area contributed by atoms with Crippen molar-refractivity contribution in [1.29, 1.82) is 0 Å². The third-order valence-corrected chi connectivity index (χ3v) is 7.08. The van der Waals surface area contributed by atoms with Crippen molar-refractivity contribution >= 4 is 11.8 Å². The molecule has 0 saturated heterocycles. The first-order chi connectivity index (χ1) is 11.0. The average molecular weight is 332 g/mol. The van der Waals surface area contributed by atoms with Crippen molar-refractivity contribution < 1.29 is 0 Å². The number of aryl methyl sites for hydroxylation is 1. The number of thioether (sulfide) groups is 1. The molecule has 1 aromatic rings. The molecule has 0 aromatic carbocycles. The Labute approximate surface area is 144 Å². The number of hydrogen-bond donors (Lipinski definition) is 0. The molecule has 0 amide bonds. The summed E-state index contributed by atoms with van der Waals surface area (Å²) in [4.78, 5) is 11.9. The van der Waals surface area contributed by atoms with Crippen molar-refractivity contribution in [1.82, 2.24) is 14.9 Å². The monoisotopic (exact) mass is 331 g/mol. The van der Waals surface area contributed by atoms with Crippen LogP contribution in [0.5, 0.6) is 0 Å². The Bertz CT molecular complexity index is 549. The van der Waals surface area contributed by atoms with Gasteiger partial charge in [-0.1, -0.05) is 0 Å². The fraction of sp³-hybridized carbons (Fsp3) is 0.789. The molecule has 0 unspecified atom stereocenters. The van der Waals surface area contributed by atoms with E-state index in [9.17, 15) is 0 Å². The van der Waals surface area contributed by atoms with Crippen molar-refractivity contribution in [3.8, 4) is 0 Å². The Kier molecular flexibility index (Phi) is 4.17. The molecule has 4 heteroatoms. The van der Waals surface area contributed by atoms with E-state index in [1.54, 1.807) is 0 Å². The number of hydrogen-bond acceptors (Lipinski definition) is 4. The van der Waals surface area contributed by atoms with Crippen LogP contribution in [0.25, 0.3) is 0 Å². The lowest BCUT2D eigenvalue weighted by atomic mass is 9.49. The fourth-order valence-electron chi connectivity index (χ4n) is 5.64. The maximum Gasteiger partial charge on any atom is 0.126 e. The molecule has 23 heavy (non-hydrogen) atoms. The minimum atomic E-state index is 0.388. The Balaban J connectivity index is 1.57. The third-order valence-electron chi connectivity index (χ3n) is 6.18. The molecule has 0 aliphatic heterocycles. The lowest BCUT2D eigenvalue weighted by Gasteiger charge is -2.56. The molecular weight excluding hydrogens is 302 g/mol. The smallest absolute Gasteiger partial charge is 0.126 e. The number of nitrogens with zero attached hydrogens (tertiary/aromatic N) is 3. The van der Waals surface area contributed by atoms with Crippen LogP contribution in [0, 0.1) is 24.7 Å². The van der Waals surface area contributed by atoms with E-state index in [0.29, 0.717) is 5.41 Å². The van der Waals surface area contributed by atoms with Gasteiger partial charge in [0.2, 0.25) is 0 Å². The van der Waals surface area contributed by atoms with E-state index in [0.717, 1.165) is 35.9 Å². The zero-order chi connectivity index (χ0) is 16.0. The molecular formula is C19H29N3S. The van der Waals surface area contributed by atoms with E-state index in [1.165, 1.54) is 49.2 Å². The summed E-state index contributed by atoms with van der Waals surface area (Å²) in [6, 6.07) is 2.33. The van der Waals surface area contributed by atoms with Gasteiger partial charge in [0.1, 0.15) is 10.9 Å². The van der Waals surface area contributed by atoms with E-state index in [4.69, 9.17) is 9.97 Å². The normalized spacial score (nSPS) is 35.2. The maximum absolute atomic E-state index is 4.93. The molecule has 3 nitrogen and oxygen atoms in total. The van der Waals surface area contributed by atoms with E-state index < -0.39 is 0 Å². The van der Waals surface area contributed by atoms with Crippen LogP contribution < -0.4 is 0 Å². The second-order valence-corrected chi connectivity index (χ2v) is 9.60. The summed E-state index contributed by atoms with van der Waals surface area (Å²) in [6.45, 7) is 3.17.